The first-order chi connectivity index (χ1) is 3.43. The lowest BCUT2D eigenvalue weighted by Gasteiger charge is -1.93. The van der Waals surface area contributed by atoms with Crippen LogP contribution in [-0.2, 0) is 0 Å². The predicted molar refractivity (Wildman–Crippen MR) is 30.7 cm³/mol. The molecule has 1 aliphatic carbocycles. The van der Waals surface area contributed by atoms with E-state index >= 15 is 0 Å². The first kappa shape index (κ1) is 4.21. The van der Waals surface area contributed by atoms with Gasteiger partial charge < -0.3 is 0 Å². The van der Waals surface area contributed by atoms with Crippen molar-refractivity contribution in [3.63, 3.8) is 0 Å². The summed E-state index contributed by atoms with van der Waals surface area (Å²) in [6.07, 6.45) is 4.72. The first-order valence-electron chi connectivity index (χ1n) is 2.25. The fourth-order valence-corrected chi connectivity index (χ4v) is 0.440. The Morgan fingerprint density at radius 3 is 2.71 bits per heavy atom. The molecule has 0 aliphatic heterocycles. The highest BCUT2D eigenvalue weighted by molar-refractivity contribution is 5.46. The molecule has 1 aliphatic rings. The van der Waals surface area contributed by atoms with Crippen LogP contribution in [0.5, 0.6) is 0 Å². The Hall–Kier alpha value is -0.960. The van der Waals surface area contributed by atoms with Gasteiger partial charge in [-0.2, -0.15) is 0 Å². The molecule has 34 valence electrons. The van der Waals surface area contributed by atoms with Crippen molar-refractivity contribution in [1.82, 2.24) is 0 Å². The van der Waals surface area contributed by atoms with Crippen LogP contribution in [0.15, 0.2) is 24.3 Å². The Bertz CT molecular complexity index is 162. The van der Waals surface area contributed by atoms with Gasteiger partial charge in [-0.1, -0.05) is 17.9 Å². The lowest BCUT2D eigenvalue weighted by molar-refractivity contribution is 1.31. The third-order valence-electron chi connectivity index (χ3n) is 0.843. The first-order valence-corrected chi connectivity index (χ1v) is 2.25. The topological polar surface area (TPSA) is 0 Å². The van der Waals surface area contributed by atoms with Gasteiger partial charge in [-0.3, -0.25) is 0 Å². The van der Waals surface area contributed by atoms with Gasteiger partial charge in [-0.05, 0) is 6.42 Å². The quantitative estimate of drug-likeness (QED) is 0.356. The minimum Gasteiger partial charge on any atom is -0.103 e. The highest BCUT2D eigenvalue weighted by Crippen LogP contribution is 2.03. The van der Waals surface area contributed by atoms with Crippen LogP contribution in [0, 0.1) is 11.8 Å². The maximum absolute atomic E-state index is 3.57. The third-order valence-corrected chi connectivity index (χ3v) is 0.843. The maximum atomic E-state index is 3.57. The summed E-state index contributed by atoms with van der Waals surface area (Å²) >= 11 is 0. The van der Waals surface area contributed by atoms with Gasteiger partial charge in [0.2, 0.25) is 0 Å². The lowest BCUT2D eigenvalue weighted by Crippen LogP contribution is -1.80. The Morgan fingerprint density at radius 2 is 2.57 bits per heavy atom. The van der Waals surface area contributed by atoms with E-state index in [0.29, 0.717) is 0 Å². The molecule has 0 N–H and O–H groups in total. The summed E-state index contributed by atoms with van der Waals surface area (Å²) in [6, 6.07) is 0. The van der Waals surface area contributed by atoms with Crippen LogP contribution in [-0.4, -0.2) is 0 Å². The molecule has 0 saturated carbocycles. The molecule has 0 aromatic rings. The van der Waals surface area contributed by atoms with Crippen molar-refractivity contribution in [1.29, 1.82) is 0 Å². The van der Waals surface area contributed by atoms with Gasteiger partial charge in [0.05, 0.1) is 0 Å². The van der Waals surface area contributed by atoms with E-state index in [9.17, 15) is 0 Å². The molecule has 0 heterocycles. The number of hydrogen-bond donors (Lipinski definition) is 0. The van der Waals surface area contributed by atoms with Crippen LogP contribution in [0.2, 0.25) is 0 Å². The van der Waals surface area contributed by atoms with E-state index in [2.05, 4.69) is 18.4 Å². The lowest BCUT2D eigenvalue weighted by atomic mass is 10.1. The molecule has 0 amide bonds. The molecule has 0 nitrogen and oxygen atoms in total. The molecule has 0 unspecified atom stereocenters. The third kappa shape index (κ3) is 0.721. The van der Waals surface area contributed by atoms with Crippen LogP contribution < -0.4 is 0 Å². The molecule has 0 radical (unpaired) electrons. The Balaban J connectivity index is 2.35. The normalized spacial score (nSPS) is 12.9. The molecule has 0 spiro atoms. The van der Waals surface area contributed by atoms with Crippen molar-refractivity contribution in [3.8, 4) is 11.8 Å². The zero-order valence-corrected chi connectivity index (χ0v) is 4.07. The molecule has 7 heavy (non-hydrogen) atoms. The van der Waals surface area contributed by atoms with Crippen molar-refractivity contribution >= 4 is 0 Å². The monoisotopic (exact) mass is 90.0 g/mol. The Morgan fingerprint density at radius 1 is 1.86 bits per heavy atom. The van der Waals surface area contributed by atoms with Gasteiger partial charge in [0.1, 0.15) is 0 Å². The van der Waals surface area contributed by atoms with E-state index in [1.807, 2.05) is 12.2 Å². The smallest absolute Gasteiger partial charge is 0.0145 e. The number of allylic oxidation sites excluding steroid dienone is 3. The summed E-state index contributed by atoms with van der Waals surface area (Å²) < 4.78 is 0. The molecule has 1 rings (SSSR count). The number of hydrogen-bond acceptors (Lipinski definition) is 0. The number of rotatable bonds is 2. The SMILES string of the molecule is C=CCC1=CC#C1. The highest BCUT2D eigenvalue weighted by atomic mass is 13.9. The standard InChI is InChI=1S/C7H6/c1-2-4-7-5-3-6-7/h2,5H,1,4H2. The molecular formula is C7H6. The summed E-state index contributed by atoms with van der Waals surface area (Å²) in [5, 5.41) is 0. The maximum Gasteiger partial charge on any atom is 0.0145 e. The van der Waals surface area contributed by atoms with E-state index in [0.717, 1.165) is 6.42 Å². The van der Waals surface area contributed by atoms with Gasteiger partial charge in [0, 0.05) is 11.6 Å². The minimum atomic E-state index is 0.938. The van der Waals surface area contributed by atoms with E-state index in [1.165, 1.54) is 5.57 Å². The van der Waals surface area contributed by atoms with Crippen LogP contribution in [0.3, 0.4) is 0 Å². The van der Waals surface area contributed by atoms with Crippen molar-refractivity contribution < 1.29 is 0 Å². The fraction of sp³-hybridized carbons (Fsp3) is 0.143. The fourth-order valence-electron chi connectivity index (χ4n) is 0.440. The van der Waals surface area contributed by atoms with Crippen LogP contribution in [0.4, 0.5) is 0 Å². The average Bonchev–Trinajstić information content (AvgIpc) is 1.55. The minimum absolute atomic E-state index is 0.938. The van der Waals surface area contributed by atoms with E-state index in [1.54, 1.807) is 0 Å². The summed E-state index contributed by atoms with van der Waals surface area (Å²) in [4.78, 5) is 0. The second-order valence-electron chi connectivity index (χ2n) is 1.43. The van der Waals surface area contributed by atoms with Crippen molar-refractivity contribution in [2.24, 2.45) is 0 Å². The molecule has 0 atom stereocenters. The summed E-state index contributed by atoms with van der Waals surface area (Å²) in [5.74, 6) is 5.67. The van der Waals surface area contributed by atoms with Crippen LogP contribution >= 0.6 is 0 Å². The molecule has 0 saturated heterocycles. The molecule has 0 heteroatoms. The second-order valence-corrected chi connectivity index (χ2v) is 1.43. The van der Waals surface area contributed by atoms with Gasteiger partial charge in [0.25, 0.3) is 0 Å². The summed E-state index contributed by atoms with van der Waals surface area (Å²) in [5.41, 5.74) is 1.20. The van der Waals surface area contributed by atoms with Crippen molar-refractivity contribution in [2.75, 3.05) is 0 Å². The van der Waals surface area contributed by atoms with E-state index in [-0.39, 0.29) is 0 Å². The van der Waals surface area contributed by atoms with Gasteiger partial charge in [-0.25, -0.2) is 0 Å². The van der Waals surface area contributed by atoms with Gasteiger partial charge >= 0.3 is 0 Å². The highest BCUT2D eigenvalue weighted by Gasteiger charge is 1.90. The molecule has 0 aromatic heterocycles. The van der Waals surface area contributed by atoms with E-state index < -0.39 is 0 Å². The average molecular weight is 90.1 g/mol. The van der Waals surface area contributed by atoms with Crippen molar-refractivity contribution in [2.45, 2.75) is 6.42 Å². The summed E-state index contributed by atoms with van der Waals surface area (Å²) in [6.45, 7) is 3.57. The molecule has 0 aromatic carbocycles. The van der Waals surface area contributed by atoms with E-state index in [4.69, 9.17) is 0 Å². The predicted octanol–water partition coefficient (Wildman–Crippen LogP) is 1.51. The second kappa shape index (κ2) is 1.66. The van der Waals surface area contributed by atoms with Gasteiger partial charge in [-0.15, -0.1) is 6.58 Å². The molecule has 0 fully saturated rings. The van der Waals surface area contributed by atoms with Gasteiger partial charge in [0.15, 0.2) is 0 Å². The zero-order valence-electron chi connectivity index (χ0n) is 4.07. The Kier molecular flexibility index (Phi) is 0.997. The summed E-state index contributed by atoms with van der Waals surface area (Å²) in [7, 11) is 0. The van der Waals surface area contributed by atoms with Crippen LogP contribution in [0.1, 0.15) is 6.42 Å². The molecular weight excluding hydrogens is 84.1 g/mol. The molecule has 0 bridgehead atoms. The largest absolute Gasteiger partial charge is 0.103 e. The Labute approximate surface area is 43.5 Å². The van der Waals surface area contributed by atoms with Crippen LogP contribution in [0.25, 0.3) is 0 Å². The zero-order chi connectivity index (χ0) is 5.11. The van der Waals surface area contributed by atoms with Crippen molar-refractivity contribution in [3.05, 3.63) is 24.3 Å².